The van der Waals surface area contributed by atoms with Crippen molar-refractivity contribution in [3.8, 4) is 0 Å². The number of morpholine rings is 1. The first-order chi connectivity index (χ1) is 8.40. The van der Waals surface area contributed by atoms with Crippen LogP contribution in [0, 0.1) is 0 Å². The van der Waals surface area contributed by atoms with E-state index in [0.717, 1.165) is 38.8 Å². The van der Waals surface area contributed by atoms with Gasteiger partial charge in [0.15, 0.2) is 0 Å². The molecule has 2 rings (SSSR count). The van der Waals surface area contributed by atoms with Gasteiger partial charge in [0.2, 0.25) is 0 Å². The highest BCUT2D eigenvalue weighted by Crippen LogP contribution is 2.22. The molecule has 0 aromatic rings. The van der Waals surface area contributed by atoms with Crippen LogP contribution >= 0.6 is 23.5 Å². The summed E-state index contributed by atoms with van der Waals surface area (Å²) < 4.78 is 10.9. The zero-order valence-corrected chi connectivity index (χ0v) is 12.2. The smallest absolute Gasteiger partial charge is 0.0724 e. The van der Waals surface area contributed by atoms with Crippen LogP contribution in [0.15, 0.2) is 0 Å². The van der Waals surface area contributed by atoms with Gasteiger partial charge in [-0.25, -0.2) is 0 Å². The van der Waals surface area contributed by atoms with E-state index in [1.165, 1.54) is 23.0 Å². The largest absolute Gasteiger partial charge is 0.385 e. The van der Waals surface area contributed by atoms with Crippen molar-refractivity contribution in [1.82, 2.24) is 4.90 Å². The Kier molecular flexibility index (Phi) is 6.50. The molecule has 3 nitrogen and oxygen atoms in total. The summed E-state index contributed by atoms with van der Waals surface area (Å²) in [5, 5.41) is 0. The van der Waals surface area contributed by atoms with Crippen molar-refractivity contribution >= 4 is 23.5 Å². The van der Waals surface area contributed by atoms with Crippen molar-refractivity contribution in [2.75, 3.05) is 56.4 Å². The second-order valence-electron chi connectivity index (χ2n) is 4.57. The second kappa shape index (κ2) is 7.89. The molecule has 0 amide bonds. The lowest BCUT2D eigenvalue weighted by atomic mass is 10.2. The molecule has 0 bridgehead atoms. The van der Waals surface area contributed by atoms with Crippen LogP contribution in [0.3, 0.4) is 0 Å². The van der Waals surface area contributed by atoms with Crippen molar-refractivity contribution in [2.24, 2.45) is 0 Å². The summed E-state index contributed by atoms with van der Waals surface area (Å²) >= 11 is 4.22. The van der Waals surface area contributed by atoms with Crippen molar-refractivity contribution < 1.29 is 9.47 Å². The molecule has 2 saturated heterocycles. The summed E-state index contributed by atoms with van der Waals surface area (Å²) in [6.07, 6.45) is 1.40. The topological polar surface area (TPSA) is 21.7 Å². The van der Waals surface area contributed by atoms with Gasteiger partial charge in [-0.1, -0.05) is 0 Å². The van der Waals surface area contributed by atoms with Crippen molar-refractivity contribution in [1.29, 1.82) is 0 Å². The SMILES string of the molecule is COCC[C@H]1CN(C2CSCCSC2)CCO1. The first kappa shape index (κ1) is 14.0. The summed E-state index contributed by atoms with van der Waals surface area (Å²) in [6, 6.07) is 0.751. The molecule has 2 fully saturated rings. The molecule has 0 saturated carbocycles. The Labute approximate surface area is 113 Å². The summed E-state index contributed by atoms with van der Waals surface area (Å²) in [5.41, 5.74) is 0. The van der Waals surface area contributed by atoms with E-state index in [4.69, 9.17) is 9.47 Å². The van der Waals surface area contributed by atoms with Gasteiger partial charge < -0.3 is 9.47 Å². The van der Waals surface area contributed by atoms with Crippen LogP contribution in [-0.4, -0.2) is 73.5 Å². The summed E-state index contributed by atoms with van der Waals surface area (Å²) in [6.45, 7) is 3.90. The van der Waals surface area contributed by atoms with Gasteiger partial charge in [0.1, 0.15) is 0 Å². The number of hydrogen-bond acceptors (Lipinski definition) is 5. The standard InChI is InChI=1S/C12H23NO2S2/c1-14-4-2-12-8-13(3-5-15-12)11-9-16-6-7-17-10-11/h11-12H,2-10H2,1H3/t12-/m0/s1. The number of nitrogens with zero attached hydrogens (tertiary/aromatic N) is 1. The highest BCUT2D eigenvalue weighted by Gasteiger charge is 2.26. The molecule has 100 valence electrons. The highest BCUT2D eigenvalue weighted by atomic mass is 32.2. The maximum absolute atomic E-state index is 5.80. The number of thioether (sulfide) groups is 2. The number of hydrogen-bond donors (Lipinski definition) is 0. The monoisotopic (exact) mass is 277 g/mol. The molecule has 0 radical (unpaired) electrons. The average Bonchev–Trinajstić information content (AvgIpc) is 2.65. The fourth-order valence-corrected chi connectivity index (χ4v) is 4.94. The lowest BCUT2D eigenvalue weighted by molar-refractivity contribution is -0.0485. The molecule has 0 unspecified atom stereocenters. The summed E-state index contributed by atoms with van der Waals surface area (Å²) in [5.74, 6) is 5.23. The van der Waals surface area contributed by atoms with E-state index < -0.39 is 0 Å². The third-order valence-corrected chi connectivity index (χ3v) is 5.81. The van der Waals surface area contributed by atoms with E-state index in [1.54, 1.807) is 7.11 Å². The Bertz CT molecular complexity index is 211. The first-order valence-electron chi connectivity index (χ1n) is 6.40. The van der Waals surface area contributed by atoms with E-state index in [1.807, 2.05) is 0 Å². The minimum absolute atomic E-state index is 0.377. The fourth-order valence-electron chi connectivity index (χ4n) is 2.31. The Balaban J connectivity index is 1.78. The summed E-state index contributed by atoms with van der Waals surface area (Å²) in [4.78, 5) is 2.63. The molecule has 0 spiro atoms. The Morgan fingerprint density at radius 2 is 2.06 bits per heavy atom. The quantitative estimate of drug-likeness (QED) is 0.775. The molecule has 0 aromatic carbocycles. The van der Waals surface area contributed by atoms with Crippen LogP contribution in [0.1, 0.15) is 6.42 Å². The first-order valence-corrected chi connectivity index (χ1v) is 8.71. The third kappa shape index (κ3) is 4.63. The Hall–Kier alpha value is 0.580. The molecule has 0 aromatic heterocycles. The van der Waals surface area contributed by atoms with Gasteiger partial charge in [-0.2, -0.15) is 23.5 Å². The number of methoxy groups -OCH3 is 1. The van der Waals surface area contributed by atoms with Crippen LogP contribution in [-0.2, 0) is 9.47 Å². The van der Waals surface area contributed by atoms with Gasteiger partial charge in [-0.3, -0.25) is 4.90 Å². The molecular formula is C12H23NO2S2. The van der Waals surface area contributed by atoms with Gasteiger partial charge in [0, 0.05) is 55.9 Å². The van der Waals surface area contributed by atoms with E-state index in [-0.39, 0.29) is 0 Å². The third-order valence-electron chi connectivity index (χ3n) is 3.32. The van der Waals surface area contributed by atoms with E-state index in [9.17, 15) is 0 Å². The molecule has 2 aliphatic heterocycles. The average molecular weight is 277 g/mol. The van der Waals surface area contributed by atoms with Crippen LogP contribution in [0.5, 0.6) is 0 Å². The van der Waals surface area contributed by atoms with Gasteiger partial charge >= 0.3 is 0 Å². The number of rotatable bonds is 4. The second-order valence-corrected chi connectivity index (χ2v) is 6.87. The normalized spacial score (nSPS) is 29.1. The molecular weight excluding hydrogens is 254 g/mol. The van der Waals surface area contributed by atoms with Crippen LogP contribution in [0.2, 0.25) is 0 Å². The van der Waals surface area contributed by atoms with E-state index >= 15 is 0 Å². The zero-order valence-electron chi connectivity index (χ0n) is 10.6. The highest BCUT2D eigenvalue weighted by molar-refractivity contribution is 8.03. The van der Waals surface area contributed by atoms with E-state index in [2.05, 4.69) is 28.4 Å². The molecule has 0 aliphatic carbocycles. The van der Waals surface area contributed by atoms with Crippen LogP contribution in [0.4, 0.5) is 0 Å². The van der Waals surface area contributed by atoms with Crippen LogP contribution < -0.4 is 0 Å². The Morgan fingerprint density at radius 1 is 1.29 bits per heavy atom. The summed E-state index contributed by atoms with van der Waals surface area (Å²) in [7, 11) is 1.76. The minimum Gasteiger partial charge on any atom is -0.385 e. The van der Waals surface area contributed by atoms with E-state index in [0.29, 0.717) is 6.10 Å². The molecule has 17 heavy (non-hydrogen) atoms. The molecule has 5 heteroatoms. The predicted molar refractivity (Wildman–Crippen MR) is 76.2 cm³/mol. The van der Waals surface area contributed by atoms with Gasteiger partial charge in [-0.05, 0) is 6.42 Å². The Morgan fingerprint density at radius 3 is 2.76 bits per heavy atom. The molecule has 2 heterocycles. The van der Waals surface area contributed by atoms with Crippen molar-refractivity contribution in [2.45, 2.75) is 18.6 Å². The molecule has 2 aliphatic rings. The van der Waals surface area contributed by atoms with Gasteiger partial charge in [-0.15, -0.1) is 0 Å². The molecule has 1 atom stereocenters. The van der Waals surface area contributed by atoms with Crippen molar-refractivity contribution in [3.05, 3.63) is 0 Å². The van der Waals surface area contributed by atoms with Crippen molar-refractivity contribution in [3.63, 3.8) is 0 Å². The maximum Gasteiger partial charge on any atom is 0.0724 e. The fraction of sp³-hybridized carbons (Fsp3) is 1.00. The maximum atomic E-state index is 5.80. The van der Waals surface area contributed by atoms with Crippen LogP contribution in [0.25, 0.3) is 0 Å². The minimum atomic E-state index is 0.377. The lowest BCUT2D eigenvalue weighted by Gasteiger charge is -2.37. The molecule has 0 N–H and O–H groups in total. The van der Waals surface area contributed by atoms with Gasteiger partial charge in [0.05, 0.1) is 12.7 Å². The lowest BCUT2D eigenvalue weighted by Crippen LogP contribution is -2.49. The predicted octanol–water partition coefficient (Wildman–Crippen LogP) is 1.57. The van der Waals surface area contributed by atoms with Gasteiger partial charge in [0.25, 0.3) is 0 Å². The zero-order chi connectivity index (χ0) is 11.9. The number of ether oxygens (including phenoxy) is 2.